The molecule has 0 aromatic heterocycles. The first kappa shape index (κ1) is 14.8. The van der Waals surface area contributed by atoms with Gasteiger partial charge in [-0.2, -0.15) is 0 Å². The van der Waals surface area contributed by atoms with Crippen LogP contribution in [0.25, 0.3) is 0 Å². The molecule has 0 bridgehead atoms. The number of ether oxygens (including phenoxy) is 2. The molecule has 0 radical (unpaired) electrons. The van der Waals surface area contributed by atoms with E-state index in [9.17, 15) is 4.79 Å². The predicted molar refractivity (Wildman–Crippen MR) is 74.0 cm³/mol. The van der Waals surface area contributed by atoms with Crippen molar-refractivity contribution in [3.63, 3.8) is 0 Å². The molecule has 0 heterocycles. The van der Waals surface area contributed by atoms with Crippen LogP contribution in [0.5, 0.6) is 0 Å². The Hall–Kier alpha value is -0.610. The summed E-state index contributed by atoms with van der Waals surface area (Å²) in [4.78, 5) is 11.5. The lowest BCUT2D eigenvalue weighted by Crippen LogP contribution is -2.66. The van der Waals surface area contributed by atoms with Crippen molar-refractivity contribution in [1.29, 1.82) is 0 Å². The molecular formula is C15H27NO3. The SMILES string of the molecule is CCOC1CC(NC(C)C(=O)OC)C12CCCCC2. The van der Waals surface area contributed by atoms with Crippen molar-refractivity contribution in [2.45, 2.75) is 70.6 Å². The Morgan fingerprint density at radius 2 is 2.05 bits per heavy atom. The average molecular weight is 269 g/mol. The molecular weight excluding hydrogens is 242 g/mol. The third-order valence-electron chi connectivity index (χ3n) is 4.94. The standard InChI is InChI=1S/C15H27NO3/c1-4-19-13-10-12(16-11(2)14(17)18-3)15(13)8-6-5-7-9-15/h11-13,16H,4-10H2,1-3H3. The normalized spacial score (nSPS) is 30.7. The van der Waals surface area contributed by atoms with Gasteiger partial charge in [-0.25, -0.2) is 0 Å². The van der Waals surface area contributed by atoms with Crippen LogP contribution in [0.2, 0.25) is 0 Å². The summed E-state index contributed by atoms with van der Waals surface area (Å²) in [6.45, 7) is 4.73. The summed E-state index contributed by atoms with van der Waals surface area (Å²) < 4.78 is 10.7. The number of nitrogens with one attached hydrogen (secondary N) is 1. The van der Waals surface area contributed by atoms with E-state index in [2.05, 4.69) is 12.2 Å². The lowest BCUT2D eigenvalue weighted by Gasteiger charge is -2.58. The molecule has 19 heavy (non-hydrogen) atoms. The minimum Gasteiger partial charge on any atom is -0.468 e. The molecule has 4 heteroatoms. The Labute approximate surface area is 116 Å². The molecule has 0 saturated heterocycles. The van der Waals surface area contributed by atoms with Crippen molar-refractivity contribution in [2.24, 2.45) is 5.41 Å². The summed E-state index contributed by atoms with van der Waals surface area (Å²) in [5, 5.41) is 3.46. The first-order valence-electron chi connectivity index (χ1n) is 7.59. The van der Waals surface area contributed by atoms with Gasteiger partial charge in [-0.15, -0.1) is 0 Å². The van der Waals surface area contributed by atoms with E-state index in [1.807, 2.05) is 6.92 Å². The van der Waals surface area contributed by atoms with Crippen molar-refractivity contribution in [3.8, 4) is 0 Å². The topological polar surface area (TPSA) is 47.6 Å². The highest BCUT2D eigenvalue weighted by Gasteiger charge is 2.55. The lowest BCUT2D eigenvalue weighted by atomic mass is 9.55. The van der Waals surface area contributed by atoms with E-state index in [1.165, 1.54) is 39.2 Å². The quantitative estimate of drug-likeness (QED) is 0.778. The van der Waals surface area contributed by atoms with Crippen LogP contribution in [-0.4, -0.2) is 37.9 Å². The summed E-state index contributed by atoms with van der Waals surface area (Å²) in [7, 11) is 1.45. The molecule has 0 amide bonds. The molecule has 0 aromatic rings. The second kappa shape index (κ2) is 6.23. The number of carbonyl (C=O) groups excluding carboxylic acids is 1. The van der Waals surface area contributed by atoms with Gasteiger partial charge < -0.3 is 14.8 Å². The number of hydrogen-bond acceptors (Lipinski definition) is 4. The van der Waals surface area contributed by atoms with Gasteiger partial charge in [0.05, 0.1) is 13.2 Å². The van der Waals surface area contributed by atoms with Crippen LogP contribution in [0.3, 0.4) is 0 Å². The summed E-state index contributed by atoms with van der Waals surface area (Å²) in [5.74, 6) is -0.175. The van der Waals surface area contributed by atoms with Crippen LogP contribution in [0.1, 0.15) is 52.4 Å². The fraction of sp³-hybridized carbons (Fsp3) is 0.933. The smallest absolute Gasteiger partial charge is 0.322 e. The number of methoxy groups -OCH3 is 1. The second-order valence-electron chi connectivity index (χ2n) is 5.94. The van der Waals surface area contributed by atoms with Gasteiger partial charge in [-0.3, -0.25) is 4.79 Å². The molecule has 2 aliphatic carbocycles. The van der Waals surface area contributed by atoms with E-state index in [0.717, 1.165) is 13.0 Å². The zero-order valence-corrected chi connectivity index (χ0v) is 12.4. The monoisotopic (exact) mass is 269 g/mol. The van der Waals surface area contributed by atoms with Gasteiger partial charge in [0.15, 0.2) is 0 Å². The number of rotatable bonds is 5. The average Bonchev–Trinajstić information content (AvgIpc) is 2.46. The molecule has 2 rings (SSSR count). The summed E-state index contributed by atoms with van der Waals surface area (Å²) >= 11 is 0. The molecule has 0 aromatic carbocycles. The third-order valence-corrected chi connectivity index (χ3v) is 4.94. The minimum absolute atomic E-state index is 0.175. The third kappa shape index (κ3) is 2.79. The number of hydrogen-bond donors (Lipinski definition) is 1. The van der Waals surface area contributed by atoms with Crippen LogP contribution >= 0.6 is 0 Å². The van der Waals surface area contributed by atoms with Crippen LogP contribution in [-0.2, 0) is 14.3 Å². The number of carbonyl (C=O) groups is 1. The van der Waals surface area contributed by atoms with Crippen molar-refractivity contribution < 1.29 is 14.3 Å². The van der Waals surface area contributed by atoms with Crippen LogP contribution < -0.4 is 5.32 Å². The maximum Gasteiger partial charge on any atom is 0.322 e. The van der Waals surface area contributed by atoms with E-state index in [-0.39, 0.29) is 17.4 Å². The second-order valence-corrected chi connectivity index (χ2v) is 5.94. The van der Waals surface area contributed by atoms with E-state index in [0.29, 0.717) is 12.1 Å². The Balaban J connectivity index is 1.99. The molecule has 4 nitrogen and oxygen atoms in total. The first-order valence-corrected chi connectivity index (χ1v) is 7.59. The Kier molecular flexibility index (Phi) is 4.85. The molecule has 1 spiro atoms. The summed E-state index contributed by atoms with van der Waals surface area (Å²) in [5.41, 5.74) is 0.260. The Morgan fingerprint density at radius 1 is 1.37 bits per heavy atom. The number of esters is 1. The van der Waals surface area contributed by atoms with Crippen LogP contribution in [0.4, 0.5) is 0 Å². The highest BCUT2D eigenvalue weighted by atomic mass is 16.5. The van der Waals surface area contributed by atoms with Crippen molar-refractivity contribution in [2.75, 3.05) is 13.7 Å². The molecule has 3 unspecified atom stereocenters. The van der Waals surface area contributed by atoms with Gasteiger partial charge in [0.1, 0.15) is 6.04 Å². The molecule has 2 fully saturated rings. The maximum absolute atomic E-state index is 11.5. The van der Waals surface area contributed by atoms with E-state index in [4.69, 9.17) is 9.47 Å². The summed E-state index contributed by atoms with van der Waals surface area (Å²) in [6.07, 6.45) is 7.75. The van der Waals surface area contributed by atoms with Gasteiger partial charge in [0, 0.05) is 18.1 Å². The molecule has 2 aliphatic rings. The molecule has 2 saturated carbocycles. The van der Waals surface area contributed by atoms with E-state index in [1.54, 1.807) is 0 Å². The fourth-order valence-electron chi connectivity index (χ4n) is 3.84. The zero-order chi connectivity index (χ0) is 13.9. The molecule has 0 aliphatic heterocycles. The molecule has 110 valence electrons. The predicted octanol–water partition coefficient (Wildman–Crippen LogP) is 2.27. The van der Waals surface area contributed by atoms with Crippen molar-refractivity contribution in [3.05, 3.63) is 0 Å². The van der Waals surface area contributed by atoms with Gasteiger partial charge >= 0.3 is 5.97 Å². The Bertz CT molecular complexity index is 313. The van der Waals surface area contributed by atoms with Crippen LogP contribution in [0, 0.1) is 5.41 Å². The largest absolute Gasteiger partial charge is 0.468 e. The van der Waals surface area contributed by atoms with Crippen molar-refractivity contribution >= 4 is 5.97 Å². The van der Waals surface area contributed by atoms with Gasteiger partial charge in [-0.05, 0) is 33.1 Å². The summed E-state index contributed by atoms with van der Waals surface area (Å²) in [6, 6.07) is 0.176. The first-order chi connectivity index (χ1) is 9.14. The van der Waals surface area contributed by atoms with Gasteiger partial charge in [-0.1, -0.05) is 19.3 Å². The lowest BCUT2D eigenvalue weighted by molar-refractivity contribution is -0.159. The van der Waals surface area contributed by atoms with Gasteiger partial charge in [0.25, 0.3) is 0 Å². The van der Waals surface area contributed by atoms with Crippen LogP contribution in [0.15, 0.2) is 0 Å². The maximum atomic E-state index is 11.5. The highest BCUT2D eigenvalue weighted by molar-refractivity contribution is 5.75. The highest BCUT2D eigenvalue weighted by Crippen LogP contribution is 2.53. The molecule has 3 atom stereocenters. The van der Waals surface area contributed by atoms with Crippen molar-refractivity contribution in [1.82, 2.24) is 5.32 Å². The van der Waals surface area contributed by atoms with E-state index >= 15 is 0 Å². The molecule has 1 N–H and O–H groups in total. The van der Waals surface area contributed by atoms with E-state index < -0.39 is 0 Å². The Morgan fingerprint density at radius 3 is 2.63 bits per heavy atom. The zero-order valence-electron chi connectivity index (χ0n) is 12.4. The minimum atomic E-state index is -0.226. The fourth-order valence-corrected chi connectivity index (χ4v) is 3.84. The van der Waals surface area contributed by atoms with Gasteiger partial charge in [0.2, 0.25) is 0 Å².